The van der Waals surface area contributed by atoms with Crippen LogP contribution in [0.5, 0.6) is 0 Å². The van der Waals surface area contributed by atoms with Crippen molar-refractivity contribution in [3.63, 3.8) is 0 Å². The molecule has 8 heteroatoms. The van der Waals surface area contributed by atoms with Crippen molar-refractivity contribution in [2.45, 2.75) is 33.3 Å². The molecule has 0 saturated heterocycles. The fourth-order valence-electron chi connectivity index (χ4n) is 5.65. The number of hydrogen-bond acceptors (Lipinski definition) is 7. The number of amides is 1. The molecule has 3 aliphatic heterocycles. The highest BCUT2D eigenvalue weighted by atomic mass is 16.5. The molecule has 0 saturated carbocycles. The van der Waals surface area contributed by atoms with Crippen LogP contribution < -0.4 is 20.9 Å². The molecule has 2 atom stereocenters. The molecule has 0 fully saturated rings. The molecule has 0 bridgehead atoms. The average molecular weight is 540 g/mol. The van der Waals surface area contributed by atoms with Crippen molar-refractivity contribution in [2.75, 3.05) is 36.9 Å². The molecular weight excluding hydrogens is 502 g/mol. The number of nitrogens with one attached hydrogen (secondary N) is 3. The number of likely N-dealkylation sites (N-methyl/N-ethyl adjacent to an activating group) is 1. The van der Waals surface area contributed by atoms with Crippen LogP contribution >= 0.6 is 0 Å². The molecule has 208 valence electrons. The maximum atomic E-state index is 13.0. The molecule has 1 amide bonds. The van der Waals surface area contributed by atoms with Crippen molar-refractivity contribution in [3.05, 3.63) is 83.6 Å². The topological polar surface area (TPSA) is 95.1 Å². The highest BCUT2D eigenvalue weighted by molar-refractivity contribution is 6.16. The summed E-state index contributed by atoms with van der Waals surface area (Å²) in [5.74, 6) is 0.0126. The second kappa shape index (κ2) is 11.5. The molecule has 2 aromatic rings. The first-order valence-electron chi connectivity index (χ1n) is 13.9. The fraction of sp³-hybridized carbons (Fsp3) is 0.344. The van der Waals surface area contributed by atoms with Gasteiger partial charge in [-0.25, -0.2) is 9.79 Å². The molecular formula is C32H37N5O3. The van der Waals surface area contributed by atoms with E-state index >= 15 is 0 Å². The molecule has 3 N–H and O–H groups in total. The first-order valence-corrected chi connectivity index (χ1v) is 13.9. The Labute approximate surface area is 235 Å². The smallest absolute Gasteiger partial charge is 0.336 e. The van der Waals surface area contributed by atoms with Crippen LogP contribution in [-0.2, 0) is 20.7 Å². The number of fused-ring (bicyclic) bond motifs is 2. The Morgan fingerprint density at radius 1 is 1.18 bits per heavy atom. The quantitative estimate of drug-likeness (QED) is 0.249. The number of rotatable bonds is 9. The lowest BCUT2D eigenvalue weighted by Crippen LogP contribution is -2.33. The summed E-state index contributed by atoms with van der Waals surface area (Å²) in [6.07, 6.45) is 3.59. The molecule has 2 aromatic carbocycles. The monoisotopic (exact) mass is 539 g/mol. The Bertz CT molecular complexity index is 1420. The molecule has 2 unspecified atom stereocenters. The number of anilines is 2. The molecule has 5 rings (SSSR count). The zero-order chi connectivity index (χ0) is 28.4. The van der Waals surface area contributed by atoms with E-state index in [1.54, 1.807) is 11.1 Å². The van der Waals surface area contributed by atoms with E-state index in [1.165, 1.54) is 6.08 Å². The van der Waals surface area contributed by atoms with Gasteiger partial charge in [-0.05, 0) is 73.9 Å². The van der Waals surface area contributed by atoms with Gasteiger partial charge >= 0.3 is 5.97 Å². The minimum atomic E-state index is -0.341. The van der Waals surface area contributed by atoms with E-state index in [1.807, 2.05) is 27.8 Å². The van der Waals surface area contributed by atoms with Crippen LogP contribution in [0.1, 0.15) is 37.5 Å². The average Bonchev–Trinajstić information content (AvgIpc) is 3.55. The number of carbonyl (C=O) groups excluding carboxylic acids is 2. The maximum Gasteiger partial charge on any atom is 0.336 e. The van der Waals surface area contributed by atoms with Crippen LogP contribution in [0.3, 0.4) is 0 Å². The zero-order valence-electron chi connectivity index (χ0n) is 23.6. The summed E-state index contributed by atoms with van der Waals surface area (Å²) in [7, 11) is 1.93. The van der Waals surface area contributed by atoms with Gasteiger partial charge in [0.15, 0.2) is 0 Å². The van der Waals surface area contributed by atoms with Gasteiger partial charge in [0.2, 0.25) is 5.91 Å². The number of aliphatic imine (C=N–C) groups is 1. The van der Waals surface area contributed by atoms with E-state index in [0.717, 1.165) is 64.7 Å². The van der Waals surface area contributed by atoms with Gasteiger partial charge in [0.1, 0.15) is 5.84 Å². The Balaban J connectivity index is 1.58. The van der Waals surface area contributed by atoms with Crippen molar-refractivity contribution in [2.24, 2.45) is 16.8 Å². The number of ether oxygens (including phenoxy) is 1. The summed E-state index contributed by atoms with van der Waals surface area (Å²) in [6, 6.07) is 14.6. The standard InChI is InChI=1S/C32H37N5O3/c1-6-27(38)37-16-13-21-7-8-23(17-26(21)37)29-28-20(4)25(32(39)40-19(2)3)18-35-31(28)36-30(29)22-9-11-24(12-10-22)34-15-14-33-5/h6-12,17-20,28,33-34H,1,13-16H2,2-5H3,(H,35,36). The summed E-state index contributed by atoms with van der Waals surface area (Å²) in [5.41, 5.74) is 7.63. The van der Waals surface area contributed by atoms with Crippen LogP contribution in [0.2, 0.25) is 0 Å². The van der Waals surface area contributed by atoms with Crippen LogP contribution in [0.4, 0.5) is 11.4 Å². The zero-order valence-corrected chi connectivity index (χ0v) is 23.6. The lowest BCUT2D eigenvalue weighted by molar-refractivity contribution is -0.143. The first kappa shape index (κ1) is 27.4. The van der Waals surface area contributed by atoms with Crippen molar-refractivity contribution < 1.29 is 14.3 Å². The Morgan fingerprint density at radius 3 is 2.62 bits per heavy atom. The van der Waals surface area contributed by atoms with Crippen LogP contribution in [0, 0.1) is 11.8 Å². The van der Waals surface area contributed by atoms with E-state index in [-0.39, 0.29) is 29.8 Å². The fourth-order valence-corrected chi connectivity index (χ4v) is 5.65. The predicted molar refractivity (Wildman–Crippen MR) is 161 cm³/mol. The van der Waals surface area contributed by atoms with E-state index in [4.69, 9.17) is 9.73 Å². The SMILES string of the molecule is C=CC(=O)N1CCc2ccc(C3=C(c4ccc(NCCNC)cc4)NC4=NC=C(C(=O)OC(C)C)C(C)C43)cc21. The Morgan fingerprint density at radius 2 is 1.93 bits per heavy atom. The minimum Gasteiger partial charge on any atom is -0.460 e. The largest absolute Gasteiger partial charge is 0.460 e. The normalized spacial score (nSPS) is 19.5. The number of esters is 1. The van der Waals surface area contributed by atoms with Gasteiger partial charge < -0.3 is 25.6 Å². The third-order valence-electron chi connectivity index (χ3n) is 7.65. The molecule has 8 nitrogen and oxygen atoms in total. The Hall–Kier alpha value is -4.17. The minimum absolute atomic E-state index is 0.106. The Kier molecular flexibility index (Phi) is 7.89. The molecule has 0 aromatic heterocycles. The van der Waals surface area contributed by atoms with Gasteiger partial charge in [-0.2, -0.15) is 0 Å². The predicted octanol–water partition coefficient (Wildman–Crippen LogP) is 4.36. The second-order valence-electron chi connectivity index (χ2n) is 10.6. The van der Waals surface area contributed by atoms with Crippen LogP contribution in [-0.4, -0.2) is 50.5 Å². The summed E-state index contributed by atoms with van der Waals surface area (Å²) in [5, 5.41) is 10.1. The summed E-state index contributed by atoms with van der Waals surface area (Å²) >= 11 is 0. The number of carbonyl (C=O) groups is 2. The highest BCUT2D eigenvalue weighted by Gasteiger charge is 2.42. The van der Waals surface area contributed by atoms with Crippen LogP contribution in [0.15, 0.2) is 71.9 Å². The van der Waals surface area contributed by atoms with Crippen molar-refractivity contribution in [3.8, 4) is 0 Å². The molecule has 40 heavy (non-hydrogen) atoms. The van der Waals surface area contributed by atoms with Gasteiger partial charge in [-0.3, -0.25) is 4.79 Å². The van der Waals surface area contributed by atoms with Gasteiger partial charge in [-0.15, -0.1) is 0 Å². The third-order valence-corrected chi connectivity index (χ3v) is 7.65. The third kappa shape index (κ3) is 5.19. The lowest BCUT2D eigenvalue weighted by atomic mass is 9.78. The van der Waals surface area contributed by atoms with Crippen molar-refractivity contribution in [1.29, 1.82) is 0 Å². The molecule has 0 spiro atoms. The number of nitrogens with zero attached hydrogens (tertiary/aromatic N) is 2. The second-order valence-corrected chi connectivity index (χ2v) is 10.6. The van der Waals surface area contributed by atoms with E-state index in [2.05, 4.69) is 65.0 Å². The van der Waals surface area contributed by atoms with Gasteiger partial charge in [0.05, 0.1) is 23.3 Å². The molecule has 0 aliphatic carbocycles. The van der Waals surface area contributed by atoms with Crippen molar-refractivity contribution in [1.82, 2.24) is 10.6 Å². The number of hydrogen-bond donors (Lipinski definition) is 3. The molecule has 3 aliphatic rings. The van der Waals surface area contributed by atoms with Crippen molar-refractivity contribution >= 4 is 40.4 Å². The number of benzene rings is 2. The summed E-state index contributed by atoms with van der Waals surface area (Å²) in [6.45, 7) is 11.8. The molecule has 3 heterocycles. The highest BCUT2D eigenvalue weighted by Crippen LogP contribution is 2.46. The summed E-state index contributed by atoms with van der Waals surface area (Å²) in [4.78, 5) is 32.1. The number of amidine groups is 1. The van der Waals surface area contributed by atoms with E-state index in [9.17, 15) is 9.59 Å². The summed E-state index contributed by atoms with van der Waals surface area (Å²) < 4.78 is 5.55. The van der Waals surface area contributed by atoms with Gasteiger partial charge in [0, 0.05) is 43.1 Å². The van der Waals surface area contributed by atoms with E-state index < -0.39 is 0 Å². The first-order chi connectivity index (χ1) is 19.3. The molecule has 0 radical (unpaired) electrons. The van der Waals surface area contributed by atoms with Crippen LogP contribution in [0.25, 0.3) is 11.3 Å². The lowest BCUT2D eigenvalue weighted by Gasteiger charge is -2.27. The van der Waals surface area contributed by atoms with Gasteiger partial charge in [0.25, 0.3) is 0 Å². The van der Waals surface area contributed by atoms with Gasteiger partial charge in [-0.1, -0.05) is 37.8 Å². The maximum absolute atomic E-state index is 13.0. The van der Waals surface area contributed by atoms with E-state index in [0.29, 0.717) is 12.1 Å².